The molecule has 1 unspecified atom stereocenters. The van der Waals surface area contributed by atoms with Crippen molar-refractivity contribution in [2.45, 2.75) is 12.5 Å². The number of fused-ring (bicyclic) bond motifs is 1. The minimum absolute atomic E-state index is 0.181. The summed E-state index contributed by atoms with van der Waals surface area (Å²) >= 11 is 0. The number of anilines is 1. The van der Waals surface area contributed by atoms with Crippen molar-refractivity contribution < 1.29 is 13.9 Å². The molecule has 7 heteroatoms. The van der Waals surface area contributed by atoms with Crippen LogP contribution in [0.1, 0.15) is 28.0 Å². The van der Waals surface area contributed by atoms with Gasteiger partial charge in [-0.25, -0.2) is 4.98 Å². The Kier molecular flexibility index (Phi) is 4.82. The molecule has 4 rings (SSSR count). The zero-order valence-corrected chi connectivity index (χ0v) is 15.3. The van der Waals surface area contributed by atoms with Gasteiger partial charge in [-0.15, -0.1) is 0 Å². The molecule has 4 N–H and O–H groups in total. The van der Waals surface area contributed by atoms with Gasteiger partial charge in [0, 0.05) is 22.8 Å². The number of nitrogens with one attached hydrogen (secondary N) is 2. The Morgan fingerprint density at radius 2 is 2.04 bits per heavy atom. The van der Waals surface area contributed by atoms with Gasteiger partial charge in [0.1, 0.15) is 12.0 Å². The molecule has 0 aliphatic heterocycles. The fourth-order valence-corrected chi connectivity index (χ4v) is 3.06. The van der Waals surface area contributed by atoms with Crippen molar-refractivity contribution >= 4 is 22.5 Å². The Morgan fingerprint density at radius 3 is 2.82 bits per heavy atom. The third-order valence-electron chi connectivity index (χ3n) is 4.53. The average molecular weight is 376 g/mol. The van der Waals surface area contributed by atoms with Crippen molar-refractivity contribution in [3.05, 3.63) is 78.1 Å². The second-order valence-electron chi connectivity index (χ2n) is 6.42. The number of para-hydroxylation sites is 1. The maximum atomic E-state index is 12.4. The third-order valence-corrected chi connectivity index (χ3v) is 4.53. The molecule has 2 aromatic heterocycles. The van der Waals surface area contributed by atoms with Crippen LogP contribution in [0.3, 0.4) is 0 Å². The lowest BCUT2D eigenvalue weighted by atomic mass is 10.1. The lowest BCUT2D eigenvalue weighted by Crippen LogP contribution is -2.15. The number of H-pyrrole nitrogens is 1. The zero-order chi connectivity index (χ0) is 19.5. The highest BCUT2D eigenvalue weighted by Crippen LogP contribution is 2.23. The molecule has 0 saturated carbocycles. The summed E-state index contributed by atoms with van der Waals surface area (Å²) in [5.41, 5.74) is 9.20. The molecule has 0 saturated heterocycles. The van der Waals surface area contributed by atoms with E-state index >= 15 is 0 Å². The molecule has 2 aromatic carbocycles. The number of benzene rings is 2. The molecule has 28 heavy (non-hydrogen) atoms. The Hall–Kier alpha value is -3.58. The van der Waals surface area contributed by atoms with Gasteiger partial charge < -0.3 is 25.2 Å². The van der Waals surface area contributed by atoms with Crippen LogP contribution in [0.15, 0.2) is 65.4 Å². The SMILES string of the molecule is COc1ccc(NC(=O)c2coc(C(N)Cc3c[nH]c4ccccc34)n2)cc1. The summed E-state index contributed by atoms with van der Waals surface area (Å²) < 4.78 is 10.6. The van der Waals surface area contributed by atoms with Crippen LogP contribution >= 0.6 is 0 Å². The quantitative estimate of drug-likeness (QED) is 0.476. The van der Waals surface area contributed by atoms with Crippen LogP contribution in [0.25, 0.3) is 10.9 Å². The number of oxazole rings is 1. The highest BCUT2D eigenvalue weighted by atomic mass is 16.5. The summed E-state index contributed by atoms with van der Waals surface area (Å²) in [4.78, 5) is 19.9. The second-order valence-corrected chi connectivity index (χ2v) is 6.42. The van der Waals surface area contributed by atoms with Crippen LogP contribution in [0.5, 0.6) is 5.75 Å². The molecule has 1 atom stereocenters. The number of hydrogen-bond donors (Lipinski definition) is 3. The van der Waals surface area contributed by atoms with E-state index in [1.54, 1.807) is 31.4 Å². The van der Waals surface area contributed by atoms with Gasteiger partial charge in [-0.1, -0.05) is 18.2 Å². The van der Waals surface area contributed by atoms with Crippen molar-refractivity contribution in [1.29, 1.82) is 0 Å². The summed E-state index contributed by atoms with van der Waals surface area (Å²) in [7, 11) is 1.59. The van der Waals surface area contributed by atoms with Gasteiger partial charge in [0.25, 0.3) is 5.91 Å². The molecule has 0 fully saturated rings. The monoisotopic (exact) mass is 376 g/mol. The van der Waals surface area contributed by atoms with Gasteiger partial charge in [0.15, 0.2) is 5.69 Å². The van der Waals surface area contributed by atoms with Crippen LogP contribution in [0, 0.1) is 0 Å². The van der Waals surface area contributed by atoms with Gasteiger partial charge in [-0.2, -0.15) is 0 Å². The van der Waals surface area contributed by atoms with Gasteiger partial charge in [0.05, 0.1) is 13.2 Å². The number of carbonyl (C=O) groups excluding carboxylic acids is 1. The summed E-state index contributed by atoms with van der Waals surface area (Å²) in [6.07, 6.45) is 3.80. The van der Waals surface area contributed by atoms with Crippen LogP contribution < -0.4 is 15.8 Å². The predicted octanol–water partition coefficient (Wildman–Crippen LogP) is 3.66. The first-order valence-corrected chi connectivity index (χ1v) is 8.85. The molecule has 0 radical (unpaired) electrons. The molecule has 7 nitrogen and oxygen atoms in total. The lowest BCUT2D eigenvalue weighted by molar-refractivity contribution is 0.102. The summed E-state index contributed by atoms with van der Waals surface area (Å²) in [5, 5.41) is 3.88. The third kappa shape index (κ3) is 3.60. The molecular formula is C21H20N4O3. The van der Waals surface area contributed by atoms with E-state index in [1.807, 2.05) is 30.5 Å². The molecule has 1 amide bonds. The van der Waals surface area contributed by atoms with Crippen molar-refractivity contribution in [1.82, 2.24) is 9.97 Å². The van der Waals surface area contributed by atoms with Crippen molar-refractivity contribution in [2.75, 3.05) is 12.4 Å². The number of rotatable bonds is 6. The number of nitrogens with zero attached hydrogens (tertiary/aromatic N) is 1. The summed E-state index contributed by atoms with van der Waals surface area (Å²) in [6, 6.07) is 14.6. The smallest absolute Gasteiger partial charge is 0.277 e. The number of nitrogens with two attached hydrogens (primary N) is 1. The Balaban J connectivity index is 1.44. The van der Waals surface area contributed by atoms with Gasteiger partial charge in [0.2, 0.25) is 5.89 Å². The number of aromatic nitrogens is 2. The summed E-state index contributed by atoms with van der Waals surface area (Å²) in [6.45, 7) is 0. The predicted molar refractivity (Wildman–Crippen MR) is 106 cm³/mol. The van der Waals surface area contributed by atoms with Gasteiger partial charge >= 0.3 is 0 Å². The van der Waals surface area contributed by atoms with E-state index in [2.05, 4.69) is 15.3 Å². The molecule has 0 bridgehead atoms. The fourth-order valence-electron chi connectivity index (χ4n) is 3.06. The molecule has 4 aromatic rings. The van der Waals surface area contributed by atoms with Crippen LogP contribution in [-0.4, -0.2) is 23.0 Å². The van der Waals surface area contributed by atoms with E-state index in [9.17, 15) is 4.79 Å². The molecular weight excluding hydrogens is 356 g/mol. The van der Waals surface area contributed by atoms with E-state index in [4.69, 9.17) is 14.9 Å². The highest BCUT2D eigenvalue weighted by molar-refractivity contribution is 6.02. The first kappa shape index (κ1) is 17.8. The Labute approximate surface area is 161 Å². The number of amides is 1. The Bertz CT molecular complexity index is 1100. The number of carbonyl (C=O) groups is 1. The van der Waals surface area contributed by atoms with Gasteiger partial charge in [-0.3, -0.25) is 4.79 Å². The van der Waals surface area contributed by atoms with Crippen LogP contribution in [-0.2, 0) is 6.42 Å². The van der Waals surface area contributed by atoms with Crippen molar-refractivity contribution in [3.63, 3.8) is 0 Å². The fraction of sp³-hybridized carbons (Fsp3) is 0.143. The first-order chi connectivity index (χ1) is 13.6. The molecule has 0 aliphatic rings. The minimum atomic E-state index is -0.457. The van der Waals surface area contributed by atoms with E-state index in [0.29, 0.717) is 23.7 Å². The Morgan fingerprint density at radius 1 is 1.25 bits per heavy atom. The van der Waals surface area contributed by atoms with Crippen LogP contribution in [0.4, 0.5) is 5.69 Å². The largest absolute Gasteiger partial charge is 0.497 e. The van der Waals surface area contributed by atoms with E-state index in [1.165, 1.54) is 6.26 Å². The maximum Gasteiger partial charge on any atom is 0.277 e. The molecule has 0 spiro atoms. The number of ether oxygens (including phenoxy) is 1. The first-order valence-electron chi connectivity index (χ1n) is 8.85. The number of methoxy groups -OCH3 is 1. The average Bonchev–Trinajstić information content (AvgIpc) is 3.37. The lowest BCUT2D eigenvalue weighted by Gasteiger charge is -2.06. The minimum Gasteiger partial charge on any atom is -0.497 e. The topological polar surface area (TPSA) is 106 Å². The van der Waals surface area contributed by atoms with Crippen LogP contribution in [0.2, 0.25) is 0 Å². The van der Waals surface area contributed by atoms with Gasteiger partial charge in [-0.05, 0) is 42.3 Å². The van der Waals surface area contributed by atoms with E-state index < -0.39 is 6.04 Å². The highest BCUT2D eigenvalue weighted by Gasteiger charge is 2.19. The summed E-state index contributed by atoms with van der Waals surface area (Å²) in [5.74, 6) is 0.676. The molecule has 2 heterocycles. The van der Waals surface area contributed by atoms with E-state index in [-0.39, 0.29) is 11.6 Å². The van der Waals surface area contributed by atoms with Crippen molar-refractivity contribution in [3.8, 4) is 5.75 Å². The van der Waals surface area contributed by atoms with E-state index in [0.717, 1.165) is 16.5 Å². The second kappa shape index (κ2) is 7.58. The normalized spacial score (nSPS) is 12.1. The van der Waals surface area contributed by atoms with Crippen molar-refractivity contribution in [2.24, 2.45) is 5.73 Å². The molecule has 142 valence electrons. The zero-order valence-electron chi connectivity index (χ0n) is 15.3. The number of hydrogen-bond acceptors (Lipinski definition) is 5. The standard InChI is InChI=1S/C21H20N4O3/c1-27-15-8-6-14(7-9-15)24-20(26)19-12-28-21(25-19)17(22)10-13-11-23-18-5-3-2-4-16(13)18/h2-9,11-12,17,23H,10,22H2,1H3,(H,24,26). The number of aromatic amines is 1. The maximum absolute atomic E-state index is 12.4. The molecule has 0 aliphatic carbocycles.